The Kier molecular flexibility index (Phi) is 11.8. The molecule has 5 nitrogen and oxygen atoms in total. The summed E-state index contributed by atoms with van der Waals surface area (Å²) < 4.78 is 11.2. The Labute approximate surface area is 145 Å². The van der Waals surface area contributed by atoms with Gasteiger partial charge in [0.05, 0.1) is 26.2 Å². The number of likely N-dealkylation sites (N-methyl/N-ethyl adjacent to an activating group) is 1. The summed E-state index contributed by atoms with van der Waals surface area (Å²) in [6, 6.07) is 10.6. The quantitative estimate of drug-likeness (QED) is 0.650. The number of nitrogens with two attached hydrogens (primary N) is 1. The lowest BCUT2D eigenvalue weighted by atomic mass is 10.2. The lowest BCUT2D eigenvalue weighted by molar-refractivity contribution is -0.923. The summed E-state index contributed by atoms with van der Waals surface area (Å²) in [5.74, 6) is 0. The van der Waals surface area contributed by atoms with Crippen LogP contribution in [0.2, 0.25) is 0 Å². The number of para-hydroxylation sites is 1. The number of methoxy groups -OCH3 is 1. The molecule has 0 saturated heterocycles. The largest absolute Gasteiger partial charge is 0.423 e. The fourth-order valence-corrected chi connectivity index (χ4v) is 2.44. The van der Waals surface area contributed by atoms with Crippen molar-refractivity contribution in [3.63, 3.8) is 0 Å². The molecule has 1 heterocycles. The normalized spacial score (nSPS) is 10.4. The minimum absolute atomic E-state index is 0.302. The maximum absolute atomic E-state index is 10.7. The van der Waals surface area contributed by atoms with E-state index in [4.69, 9.17) is 9.15 Å². The summed E-state index contributed by atoms with van der Waals surface area (Å²) in [6.45, 7) is 12.5. The molecule has 0 radical (unpaired) electrons. The summed E-state index contributed by atoms with van der Waals surface area (Å²) >= 11 is 0. The predicted molar refractivity (Wildman–Crippen MR) is 101 cm³/mol. The first-order valence-corrected chi connectivity index (χ1v) is 8.51. The van der Waals surface area contributed by atoms with E-state index < -0.39 is 0 Å². The van der Waals surface area contributed by atoms with Crippen molar-refractivity contribution in [2.45, 2.75) is 20.8 Å². The van der Waals surface area contributed by atoms with E-state index in [-0.39, 0.29) is 5.63 Å². The fraction of sp³-hybridized carbons (Fsp3) is 0.526. The highest BCUT2D eigenvalue weighted by Crippen LogP contribution is 2.09. The van der Waals surface area contributed by atoms with Crippen LogP contribution in [0, 0.1) is 0 Å². The third-order valence-electron chi connectivity index (χ3n) is 4.31. The van der Waals surface area contributed by atoms with E-state index in [1.54, 1.807) is 19.2 Å². The van der Waals surface area contributed by atoms with Crippen LogP contribution in [0.5, 0.6) is 0 Å². The summed E-state index contributed by atoms with van der Waals surface area (Å²) in [6.07, 6.45) is 0. The minimum Gasteiger partial charge on any atom is -0.423 e. The van der Waals surface area contributed by atoms with Gasteiger partial charge in [-0.05, 0) is 40.0 Å². The second-order valence-electron chi connectivity index (χ2n) is 5.30. The van der Waals surface area contributed by atoms with E-state index in [2.05, 4.69) is 26.5 Å². The molecule has 1 aromatic carbocycles. The van der Waals surface area contributed by atoms with Gasteiger partial charge in [0.2, 0.25) is 0 Å². The third kappa shape index (κ3) is 7.25. The van der Waals surface area contributed by atoms with Crippen LogP contribution in [-0.4, -0.2) is 51.4 Å². The van der Waals surface area contributed by atoms with E-state index in [0.717, 1.165) is 18.5 Å². The van der Waals surface area contributed by atoms with E-state index in [9.17, 15) is 4.79 Å². The van der Waals surface area contributed by atoms with Crippen LogP contribution in [0.25, 0.3) is 11.0 Å². The molecule has 2 rings (SSSR count). The van der Waals surface area contributed by atoms with Crippen molar-refractivity contribution < 1.29 is 13.6 Å². The van der Waals surface area contributed by atoms with Crippen molar-refractivity contribution in [1.29, 1.82) is 0 Å². The van der Waals surface area contributed by atoms with Gasteiger partial charge in [-0.1, -0.05) is 18.2 Å². The second kappa shape index (κ2) is 12.7. The summed E-state index contributed by atoms with van der Waals surface area (Å²) in [7, 11) is 3.27. The highest BCUT2D eigenvalue weighted by atomic mass is 16.5. The molecule has 5 heteroatoms. The number of quaternary nitrogens is 1. The molecule has 0 atom stereocenters. The third-order valence-corrected chi connectivity index (χ3v) is 4.31. The monoisotopic (exact) mass is 337 g/mol. The zero-order chi connectivity index (χ0) is 18.4. The molecule has 0 saturated carbocycles. The van der Waals surface area contributed by atoms with Gasteiger partial charge < -0.3 is 19.4 Å². The molecule has 0 aliphatic rings. The summed E-state index contributed by atoms with van der Waals surface area (Å²) in [4.78, 5) is 10.7. The SMILES string of the molecule is CC[N+](CC)(CC)CCOC.CN.O=c1ccc2ccccc2o1. The lowest BCUT2D eigenvalue weighted by Gasteiger charge is -2.35. The first-order chi connectivity index (χ1) is 11.6. The molecule has 0 aliphatic heterocycles. The van der Waals surface area contributed by atoms with E-state index in [1.807, 2.05) is 18.2 Å². The molecule has 136 valence electrons. The molecular weight excluding hydrogens is 304 g/mol. The van der Waals surface area contributed by atoms with E-state index in [0.29, 0.717) is 5.58 Å². The first kappa shape index (κ1) is 22.3. The van der Waals surface area contributed by atoms with Crippen LogP contribution < -0.4 is 11.4 Å². The Morgan fingerprint density at radius 3 is 2.12 bits per heavy atom. The second-order valence-corrected chi connectivity index (χ2v) is 5.30. The van der Waals surface area contributed by atoms with Gasteiger partial charge in [0, 0.05) is 18.6 Å². The fourth-order valence-electron chi connectivity index (χ4n) is 2.44. The molecule has 0 fully saturated rings. The highest BCUT2D eigenvalue weighted by Gasteiger charge is 2.19. The summed E-state index contributed by atoms with van der Waals surface area (Å²) in [5, 5.41) is 0.951. The van der Waals surface area contributed by atoms with Gasteiger partial charge in [-0.2, -0.15) is 0 Å². The van der Waals surface area contributed by atoms with Crippen LogP contribution in [0.3, 0.4) is 0 Å². The van der Waals surface area contributed by atoms with E-state index in [1.165, 1.54) is 37.2 Å². The number of nitrogens with zero attached hydrogens (tertiary/aromatic N) is 1. The number of hydrogen-bond acceptors (Lipinski definition) is 4. The van der Waals surface area contributed by atoms with Gasteiger partial charge in [0.15, 0.2) is 0 Å². The molecule has 0 spiro atoms. The lowest BCUT2D eigenvalue weighted by Crippen LogP contribution is -2.49. The smallest absolute Gasteiger partial charge is 0.336 e. The predicted octanol–water partition coefficient (Wildman–Crippen LogP) is 2.88. The maximum atomic E-state index is 10.7. The van der Waals surface area contributed by atoms with Crippen molar-refractivity contribution in [1.82, 2.24) is 0 Å². The van der Waals surface area contributed by atoms with Crippen LogP contribution in [0.4, 0.5) is 0 Å². The molecule has 2 aromatic rings. The number of rotatable bonds is 6. The van der Waals surface area contributed by atoms with Gasteiger partial charge in [0.1, 0.15) is 12.1 Å². The van der Waals surface area contributed by atoms with Crippen LogP contribution in [-0.2, 0) is 4.74 Å². The molecule has 0 unspecified atom stereocenters. The Bertz CT molecular complexity index is 598. The van der Waals surface area contributed by atoms with Gasteiger partial charge in [0.25, 0.3) is 0 Å². The Morgan fingerprint density at radius 1 is 1.00 bits per heavy atom. The Morgan fingerprint density at radius 2 is 1.58 bits per heavy atom. The van der Waals surface area contributed by atoms with Crippen LogP contribution >= 0.6 is 0 Å². The van der Waals surface area contributed by atoms with Crippen molar-refractivity contribution in [3.05, 3.63) is 46.8 Å². The molecule has 1 aromatic heterocycles. The number of ether oxygens (including phenoxy) is 1. The van der Waals surface area contributed by atoms with Crippen molar-refractivity contribution in [2.24, 2.45) is 5.73 Å². The standard InChI is InChI=1S/C9H22NO.C9H6O2.CH5N/c1-5-10(6-2,7-3)8-9-11-4;10-9-6-5-7-3-1-2-4-8(7)11-9;1-2/h5-9H2,1-4H3;1-6H;2H2,1H3/q+1;;. The first-order valence-electron chi connectivity index (χ1n) is 8.51. The Hall–Kier alpha value is -1.69. The van der Waals surface area contributed by atoms with Gasteiger partial charge in [-0.3, -0.25) is 0 Å². The topological polar surface area (TPSA) is 65.5 Å². The highest BCUT2D eigenvalue weighted by molar-refractivity contribution is 5.75. The maximum Gasteiger partial charge on any atom is 0.336 e. The summed E-state index contributed by atoms with van der Waals surface area (Å²) in [5.41, 5.74) is 4.84. The van der Waals surface area contributed by atoms with Crippen molar-refractivity contribution in [3.8, 4) is 0 Å². The molecule has 24 heavy (non-hydrogen) atoms. The zero-order valence-corrected chi connectivity index (χ0v) is 15.7. The number of hydrogen-bond donors (Lipinski definition) is 1. The van der Waals surface area contributed by atoms with Crippen LogP contribution in [0.1, 0.15) is 20.8 Å². The molecule has 2 N–H and O–H groups in total. The molecular formula is C19H33N2O3+. The number of fused-ring (bicyclic) bond motifs is 1. The van der Waals surface area contributed by atoms with Crippen molar-refractivity contribution >= 4 is 11.0 Å². The minimum atomic E-state index is -0.302. The van der Waals surface area contributed by atoms with Crippen LogP contribution in [0.15, 0.2) is 45.6 Å². The number of benzene rings is 1. The van der Waals surface area contributed by atoms with Gasteiger partial charge in [-0.25, -0.2) is 4.79 Å². The molecule has 0 aliphatic carbocycles. The van der Waals surface area contributed by atoms with Gasteiger partial charge >= 0.3 is 5.63 Å². The Balaban J connectivity index is 0.000000400. The molecule has 0 amide bonds. The average molecular weight is 337 g/mol. The average Bonchev–Trinajstić information content (AvgIpc) is 2.65. The van der Waals surface area contributed by atoms with Gasteiger partial charge in [-0.15, -0.1) is 0 Å². The van der Waals surface area contributed by atoms with E-state index >= 15 is 0 Å². The van der Waals surface area contributed by atoms with Crippen molar-refractivity contribution in [2.75, 3.05) is 46.9 Å². The molecule has 0 bridgehead atoms. The zero-order valence-electron chi connectivity index (χ0n) is 15.7.